The van der Waals surface area contributed by atoms with Gasteiger partial charge in [-0.15, -0.1) is 0 Å². The third-order valence-electron chi connectivity index (χ3n) is 3.58. The van der Waals surface area contributed by atoms with Crippen LogP contribution in [0.4, 0.5) is 11.4 Å². The molecule has 1 aromatic rings. The van der Waals surface area contributed by atoms with E-state index in [-0.39, 0.29) is 17.1 Å². The van der Waals surface area contributed by atoms with Crippen LogP contribution in [-0.2, 0) is 0 Å². The van der Waals surface area contributed by atoms with Crippen LogP contribution < -0.4 is 21.8 Å². The van der Waals surface area contributed by atoms with E-state index < -0.39 is 0 Å². The van der Waals surface area contributed by atoms with Gasteiger partial charge in [-0.1, -0.05) is 6.92 Å². The first-order valence-electron chi connectivity index (χ1n) is 6.37. The van der Waals surface area contributed by atoms with Crippen molar-refractivity contribution < 1.29 is 9.94 Å². The molecule has 0 amide bonds. The molecule has 0 unspecified atom stereocenters. The molecule has 18 heavy (non-hydrogen) atoms. The summed E-state index contributed by atoms with van der Waals surface area (Å²) in [7, 11) is 0. The lowest BCUT2D eigenvalue weighted by molar-refractivity contribution is 0.124. The molecule has 1 aliphatic rings. The standard InChI is InChI=1S/C13H21N3O2/c1-8-2-4-9(5-3-8)16-18-11-7-6-10(17)12(14)13(11)15/h6-9,16-17H,2-5,14-15H2,1H3. The number of rotatable bonds is 3. The van der Waals surface area contributed by atoms with E-state index in [2.05, 4.69) is 12.4 Å². The van der Waals surface area contributed by atoms with Crippen LogP contribution in [0, 0.1) is 5.92 Å². The number of hydrogen-bond donors (Lipinski definition) is 4. The van der Waals surface area contributed by atoms with Crippen LogP contribution in [0.1, 0.15) is 32.6 Å². The van der Waals surface area contributed by atoms with Crippen LogP contribution in [0.2, 0.25) is 0 Å². The Morgan fingerprint density at radius 1 is 1.17 bits per heavy atom. The van der Waals surface area contributed by atoms with Crippen molar-refractivity contribution in [2.45, 2.75) is 38.6 Å². The van der Waals surface area contributed by atoms with E-state index in [1.54, 1.807) is 6.07 Å². The van der Waals surface area contributed by atoms with Gasteiger partial charge in [-0.25, -0.2) is 0 Å². The maximum absolute atomic E-state index is 9.39. The van der Waals surface area contributed by atoms with Gasteiger partial charge in [0.2, 0.25) is 0 Å². The predicted octanol–water partition coefficient (Wildman–Crippen LogP) is 2.02. The number of nitrogen functional groups attached to an aromatic ring is 2. The molecule has 1 saturated carbocycles. The van der Waals surface area contributed by atoms with Crippen LogP contribution in [0.15, 0.2) is 12.1 Å². The Balaban J connectivity index is 1.92. The van der Waals surface area contributed by atoms with Crippen molar-refractivity contribution in [3.63, 3.8) is 0 Å². The summed E-state index contributed by atoms with van der Waals surface area (Å²) in [6.45, 7) is 2.27. The van der Waals surface area contributed by atoms with Gasteiger partial charge in [0.05, 0.1) is 0 Å². The van der Waals surface area contributed by atoms with Crippen molar-refractivity contribution in [3.05, 3.63) is 12.1 Å². The molecule has 1 aromatic carbocycles. The molecule has 0 bridgehead atoms. The van der Waals surface area contributed by atoms with Gasteiger partial charge < -0.3 is 21.4 Å². The number of nitrogens with one attached hydrogen (secondary N) is 1. The highest BCUT2D eigenvalue weighted by atomic mass is 16.6. The second-order valence-electron chi connectivity index (χ2n) is 5.09. The number of benzene rings is 1. The highest BCUT2D eigenvalue weighted by molar-refractivity contribution is 5.76. The van der Waals surface area contributed by atoms with Crippen molar-refractivity contribution >= 4 is 11.4 Å². The number of nitrogens with two attached hydrogens (primary N) is 2. The molecule has 0 radical (unpaired) electrons. The van der Waals surface area contributed by atoms with Crippen LogP contribution in [0.25, 0.3) is 0 Å². The second-order valence-corrected chi connectivity index (χ2v) is 5.09. The Morgan fingerprint density at radius 3 is 2.50 bits per heavy atom. The smallest absolute Gasteiger partial charge is 0.172 e. The van der Waals surface area contributed by atoms with E-state index in [9.17, 15) is 5.11 Å². The van der Waals surface area contributed by atoms with Crippen LogP contribution in [0.5, 0.6) is 11.5 Å². The minimum Gasteiger partial charge on any atom is -0.506 e. The summed E-state index contributed by atoms with van der Waals surface area (Å²) in [6.07, 6.45) is 4.64. The molecule has 5 heteroatoms. The van der Waals surface area contributed by atoms with Crippen molar-refractivity contribution in [1.29, 1.82) is 0 Å². The predicted molar refractivity (Wildman–Crippen MR) is 72.1 cm³/mol. The molecule has 0 aromatic heterocycles. The van der Waals surface area contributed by atoms with E-state index in [0.29, 0.717) is 11.8 Å². The maximum Gasteiger partial charge on any atom is 0.172 e. The van der Waals surface area contributed by atoms with Crippen LogP contribution in [0.3, 0.4) is 0 Å². The van der Waals surface area contributed by atoms with Crippen molar-refractivity contribution in [3.8, 4) is 11.5 Å². The molecule has 2 rings (SSSR count). The average Bonchev–Trinajstić information content (AvgIpc) is 2.37. The zero-order chi connectivity index (χ0) is 13.1. The summed E-state index contributed by atoms with van der Waals surface area (Å²) in [4.78, 5) is 5.48. The first-order chi connectivity index (χ1) is 8.58. The monoisotopic (exact) mass is 251 g/mol. The van der Waals surface area contributed by atoms with Gasteiger partial charge in [-0.2, -0.15) is 5.48 Å². The molecular weight excluding hydrogens is 230 g/mol. The molecule has 0 spiro atoms. The minimum atomic E-state index is -0.0219. The van der Waals surface area contributed by atoms with Crippen molar-refractivity contribution in [1.82, 2.24) is 5.48 Å². The van der Waals surface area contributed by atoms with Gasteiger partial charge in [0.15, 0.2) is 5.75 Å². The van der Waals surface area contributed by atoms with Crippen molar-refractivity contribution in [2.75, 3.05) is 11.5 Å². The Hall–Kier alpha value is -1.62. The molecule has 0 heterocycles. The summed E-state index contributed by atoms with van der Waals surface area (Å²) < 4.78 is 0. The highest BCUT2D eigenvalue weighted by Crippen LogP contribution is 2.34. The molecular formula is C13H21N3O2. The van der Waals surface area contributed by atoms with E-state index >= 15 is 0 Å². The number of hydrogen-bond acceptors (Lipinski definition) is 5. The Morgan fingerprint density at radius 2 is 1.83 bits per heavy atom. The topological polar surface area (TPSA) is 93.5 Å². The third-order valence-corrected chi connectivity index (χ3v) is 3.58. The zero-order valence-corrected chi connectivity index (χ0v) is 10.6. The quantitative estimate of drug-likeness (QED) is 0.374. The van der Waals surface area contributed by atoms with Gasteiger partial charge in [-0.3, -0.25) is 0 Å². The number of phenols is 1. The average molecular weight is 251 g/mol. The summed E-state index contributed by atoms with van der Waals surface area (Å²) >= 11 is 0. The van der Waals surface area contributed by atoms with Gasteiger partial charge in [0, 0.05) is 6.04 Å². The fourth-order valence-electron chi connectivity index (χ4n) is 2.22. The fourth-order valence-corrected chi connectivity index (χ4v) is 2.22. The van der Waals surface area contributed by atoms with E-state index in [0.717, 1.165) is 18.8 Å². The SMILES string of the molecule is CC1CCC(NOc2ccc(O)c(N)c2N)CC1. The normalized spacial score (nSPS) is 23.8. The number of aromatic hydroxyl groups is 1. The largest absolute Gasteiger partial charge is 0.506 e. The molecule has 100 valence electrons. The molecule has 1 fully saturated rings. The summed E-state index contributed by atoms with van der Waals surface area (Å²) in [6, 6.07) is 3.45. The van der Waals surface area contributed by atoms with E-state index in [1.807, 2.05) is 0 Å². The first-order valence-corrected chi connectivity index (χ1v) is 6.37. The Bertz CT molecular complexity index is 415. The maximum atomic E-state index is 9.39. The fraction of sp³-hybridized carbons (Fsp3) is 0.538. The van der Waals surface area contributed by atoms with Crippen LogP contribution in [-0.4, -0.2) is 11.1 Å². The third kappa shape index (κ3) is 2.79. The van der Waals surface area contributed by atoms with E-state index in [1.165, 1.54) is 18.9 Å². The van der Waals surface area contributed by atoms with Crippen LogP contribution >= 0.6 is 0 Å². The summed E-state index contributed by atoms with van der Waals surface area (Å²) in [5, 5.41) is 9.39. The lowest BCUT2D eigenvalue weighted by Gasteiger charge is -2.26. The molecule has 0 saturated heterocycles. The van der Waals surface area contributed by atoms with Gasteiger partial charge in [-0.05, 0) is 43.7 Å². The summed E-state index contributed by atoms with van der Waals surface area (Å²) in [5.74, 6) is 1.24. The first kappa shape index (κ1) is 12.8. The number of anilines is 2. The Kier molecular flexibility index (Phi) is 3.81. The number of hydroxylamine groups is 1. The highest BCUT2D eigenvalue weighted by Gasteiger charge is 2.19. The molecule has 0 aliphatic heterocycles. The zero-order valence-electron chi connectivity index (χ0n) is 10.6. The Labute approximate surface area is 107 Å². The molecule has 1 aliphatic carbocycles. The molecule has 0 atom stereocenters. The second kappa shape index (κ2) is 5.35. The summed E-state index contributed by atoms with van der Waals surface area (Å²) in [5.41, 5.74) is 14.9. The lowest BCUT2D eigenvalue weighted by atomic mass is 9.88. The minimum absolute atomic E-state index is 0.0219. The van der Waals surface area contributed by atoms with Gasteiger partial charge in [0.25, 0.3) is 0 Å². The number of phenolic OH excluding ortho intramolecular Hbond substituents is 1. The molecule has 5 nitrogen and oxygen atoms in total. The van der Waals surface area contributed by atoms with Gasteiger partial charge in [0.1, 0.15) is 17.1 Å². The lowest BCUT2D eigenvalue weighted by Crippen LogP contribution is -2.35. The van der Waals surface area contributed by atoms with E-state index in [4.69, 9.17) is 16.3 Å². The van der Waals surface area contributed by atoms with Crippen molar-refractivity contribution in [2.24, 2.45) is 5.92 Å². The van der Waals surface area contributed by atoms with Gasteiger partial charge >= 0.3 is 0 Å². The molecule has 6 N–H and O–H groups in total.